The van der Waals surface area contributed by atoms with Gasteiger partial charge in [0.05, 0.1) is 18.1 Å². The molecule has 0 N–H and O–H groups in total. The Kier molecular flexibility index (Phi) is 7.57. The smallest absolute Gasteiger partial charge is 0.253 e. The van der Waals surface area contributed by atoms with Crippen LogP contribution in [-0.4, -0.2) is 77.6 Å². The Balaban J connectivity index is 1.88. The zero-order valence-electron chi connectivity index (χ0n) is 15.7. The molecule has 1 aromatic carbocycles. The van der Waals surface area contributed by atoms with E-state index in [0.717, 1.165) is 17.1 Å². The molecule has 2 rings (SSSR count). The predicted octanol–water partition coefficient (Wildman–Crippen LogP) is 1.45. The molecule has 0 unspecified atom stereocenters. The number of ether oxygens (including phenoxy) is 2. The van der Waals surface area contributed by atoms with Crippen LogP contribution in [0.2, 0.25) is 0 Å². The lowest BCUT2D eigenvalue weighted by Gasteiger charge is -2.32. The fourth-order valence-electron chi connectivity index (χ4n) is 2.86. The fraction of sp³-hybridized carbons (Fsp3) is 0.611. The topological polar surface area (TPSA) is 76.1 Å². The van der Waals surface area contributed by atoms with Crippen molar-refractivity contribution in [3.63, 3.8) is 0 Å². The Morgan fingerprint density at radius 2 is 1.77 bits per heavy atom. The lowest BCUT2D eigenvalue weighted by Crippen LogP contribution is -2.39. The third-order valence-electron chi connectivity index (χ3n) is 4.57. The highest BCUT2D eigenvalue weighted by atomic mass is 32.2. The third kappa shape index (κ3) is 5.26. The number of nitrogens with zero attached hydrogens (tertiary/aromatic N) is 2. The lowest BCUT2D eigenvalue weighted by atomic mass is 9.97. The van der Waals surface area contributed by atoms with Gasteiger partial charge in [0, 0.05) is 46.5 Å². The Morgan fingerprint density at radius 1 is 1.15 bits per heavy atom. The van der Waals surface area contributed by atoms with E-state index in [0.29, 0.717) is 44.4 Å². The number of carbonyl (C=O) groups is 1. The number of hydrogen-bond donors (Lipinski definition) is 0. The Labute approximate surface area is 155 Å². The van der Waals surface area contributed by atoms with Crippen LogP contribution in [0, 0.1) is 5.92 Å². The summed E-state index contributed by atoms with van der Waals surface area (Å²) in [6, 6.07) is 6.13. The highest BCUT2D eigenvalue weighted by molar-refractivity contribution is 7.89. The summed E-state index contributed by atoms with van der Waals surface area (Å²) in [5, 5.41) is 0. The average molecular weight is 384 g/mol. The van der Waals surface area contributed by atoms with Gasteiger partial charge in [-0.3, -0.25) is 4.79 Å². The monoisotopic (exact) mass is 384 g/mol. The summed E-state index contributed by atoms with van der Waals surface area (Å²) in [5.41, 5.74) is 0.512. The van der Waals surface area contributed by atoms with Gasteiger partial charge in [0.2, 0.25) is 10.0 Å². The minimum atomic E-state index is -3.48. The summed E-state index contributed by atoms with van der Waals surface area (Å²) in [5.74, 6) is 0.404. The van der Waals surface area contributed by atoms with Gasteiger partial charge in [-0.1, -0.05) is 0 Å². The zero-order chi connectivity index (χ0) is 19.2. The van der Waals surface area contributed by atoms with Crippen molar-refractivity contribution in [1.82, 2.24) is 9.21 Å². The van der Waals surface area contributed by atoms with Gasteiger partial charge in [-0.15, -0.1) is 0 Å². The first kappa shape index (κ1) is 20.8. The number of likely N-dealkylation sites (tertiary alicyclic amines) is 1. The van der Waals surface area contributed by atoms with Crippen LogP contribution < -0.4 is 0 Å². The maximum atomic E-state index is 12.6. The Hall–Kier alpha value is -1.48. The van der Waals surface area contributed by atoms with Gasteiger partial charge in [-0.25, -0.2) is 12.7 Å². The van der Waals surface area contributed by atoms with Gasteiger partial charge in [-0.05, 0) is 43.0 Å². The van der Waals surface area contributed by atoms with E-state index in [9.17, 15) is 13.2 Å². The number of methoxy groups -OCH3 is 1. The first-order chi connectivity index (χ1) is 12.4. The van der Waals surface area contributed by atoms with Gasteiger partial charge < -0.3 is 14.4 Å². The Bertz CT molecular complexity index is 680. The quantitative estimate of drug-likeness (QED) is 0.634. The number of benzene rings is 1. The molecule has 8 heteroatoms. The van der Waals surface area contributed by atoms with Crippen molar-refractivity contribution in [2.45, 2.75) is 17.7 Å². The van der Waals surface area contributed by atoms with Crippen molar-refractivity contribution in [3.05, 3.63) is 29.8 Å². The molecule has 0 aliphatic carbocycles. The number of hydrogen-bond acceptors (Lipinski definition) is 5. The molecule has 1 saturated heterocycles. The summed E-state index contributed by atoms with van der Waals surface area (Å²) in [7, 11) is 1.14. The van der Waals surface area contributed by atoms with Gasteiger partial charge in [0.15, 0.2) is 0 Å². The second-order valence-electron chi connectivity index (χ2n) is 6.62. The molecule has 0 atom stereocenters. The summed E-state index contributed by atoms with van der Waals surface area (Å²) >= 11 is 0. The number of piperidine rings is 1. The van der Waals surface area contributed by atoms with Crippen LogP contribution >= 0.6 is 0 Å². The maximum Gasteiger partial charge on any atom is 0.253 e. The van der Waals surface area contributed by atoms with Crippen molar-refractivity contribution >= 4 is 15.9 Å². The largest absolute Gasteiger partial charge is 0.382 e. The van der Waals surface area contributed by atoms with E-state index in [1.807, 2.05) is 4.90 Å². The number of amides is 1. The molecule has 0 spiro atoms. The van der Waals surface area contributed by atoms with E-state index in [1.54, 1.807) is 19.2 Å². The minimum Gasteiger partial charge on any atom is -0.382 e. The van der Waals surface area contributed by atoms with Gasteiger partial charge >= 0.3 is 0 Å². The van der Waals surface area contributed by atoms with Crippen molar-refractivity contribution in [3.8, 4) is 0 Å². The maximum absolute atomic E-state index is 12.6. The van der Waals surface area contributed by atoms with Gasteiger partial charge in [0.25, 0.3) is 5.91 Å². The number of carbonyl (C=O) groups excluding carboxylic acids is 1. The SMILES string of the molecule is COCCOCC1CCN(C(=O)c2ccc(S(=O)(=O)N(C)C)cc2)CC1. The Morgan fingerprint density at radius 3 is 2.31 bits per heavy atom. The highest BCUT2D eigenvalue weighted by Crippen LogP contribution is 2.20. The van der Waals surface area contributed by atoms with Crippen LogP contribution in [0.5, 0.6) is 0 Å². The van der Waals surface area contributed by atoms with E-state index in [-0.39, 0.29) is 10.8 Å². The molecule has 0 aromatic heterocycles. The molecule has 0 bridgehead atoms. The van der Waals surface area contributed by atoms with Crippen molar-refractivity contribution in [2.75, 3.05) is 54.1 Å². The lowest BCUT2D eigenvalue weighted by molar-refractivity contribution is 0.0327. The molecular weight excluding hydrogens is 356 g/mol. The molecule has 1 aliphatic heterocycles. The summed E-state index contributed by atoms with van der Waals surface area (Å²) in [6.07, 6.45) is 1.82. The standard InChI is InChI=1S/C18H28N2O5S/c1-19(2)26(22,23)17-6-4-16(5-7-17)18(21)20-10-8-15(9-11-20)14-25-13-12-24-3/h4-7,15H,8-14H2,1-3H3. The molecule has 146 valence electrons. The van der Waals surface area contributed by atoms with E-state index >= 15 is 0 Å². The second-order valence-corrected chi connectivity index (χ2v) is 8.77. The van der Waals surface area contributed by atoms with E-state index in [4.69, 9.17) is 9.47 Å². The van der Waals surface area contributed by atoms with Crippen LogP contribution in [0.25, 0.3) is 0 Å². The van der Waals surface area contributed by atoms with Crippen LogP contribution in [0.1, 0.15) is 23.2 Å². The normalized spacial score (nSPS) is 16.2. The molecule has 1 heterocycles. The first-order valence-electron chi connectivity index (χ1n) is 8.75. The number of sulfonamides is 1. The molecule has 1 aromatic rings. The number of rotatable bonds is 8. The molecule has 0 radical (unpaired) electrons. The molecule has 0 saturated carbocycles. The first-order valence-corrected chi connectivity index (χ1v) is 10.2. The zero-order valence-corrected chi connectivity index (χ0v) is 16.5. The minimum absolute atomic E-state index is 0.0578. The molecule has 1 amide bonds. The molecule has 26 heavy (non-hydrogen) atoms. The summed E-state index contributed by atoms with van der Waals surface area (Å²) in [6.45, 7) is 3.26. The van der Waals surface area contributed by atoms with Crippen LogP contribution in [0.3, 0.4) is 0 Å². The molecule has 1 aliphatic rings. The fourth-order valence-corrected chi connectivity index (χ4v) is 3.76. The molecular formula is C18H28N2O5S. The van der Waals surface area contributed by atoms with Crippen LogP contribution in [0.15, 0.2) is 29.2 Å². The van der Waals surface area contributed by atoms with E-state index in [1.165, 1.54) is 26.2 Å². The van der Waals surface area contributed by atoms with Crippen molar-refractivity contribution in [1.29, 1.82) is 0 Å². The molecule has 7 nitrogen and oxygen atoms in total. The van der Waals surface area contributed by atoms with Crippen molar-refractivity contribution in [2.24, 2.45) is 5.92 Å². The summed E-state index contributed by atoms with van der Waals surface area (Å²) in [4.78, 5) is 14.6. The second kappa shape index (κ2) is 9.45. The average Bonchev–Trinajstić information content (AvgIpc) is 2.65. The van der Waals surface area contributed by atoms with Gasteiger partial charge in [-0.2, -0.15) is 0 Å². The van der Waals surface area contributed by atoms with E-state index in [2.05, 4.69) is 0 Å². The van der Waals surface area contributed by atoms with Crippen LogP contribution in [0.4, 0.5) is 0 Å². The van der Waals surface area contributed by atoms with Crippen molar-refractivity contribution < 1.29 is 22.7 Å². The predicted molar refractivity (Wildman–Crippen MR) is 98.6 cm³/mol. The summed E-state index contributed by atoms with van der Waals surface area (Å²) < 4.78 is 35.9. The van der Waals surface area contributed by atoms with Gasteiger partial charge in [0.1, 0.15) is 0 Å². The van der Waals surface area contributed by atoms with Crippen LogP contribution in [-0.2, 0) is 19.5 Å². The highest BCUT2D eigenvalue weighted by Gasteiger charge is 2.24. The molecule has 1 fully saturated rings. The third-order valence-corrected chi connectivity index (χ3v) is 6.40. The van der Waals surface area contributed by atoms with E-state index < -0.39 is 10.0 Å².